The van der Waals surface area contributed by atoms with Crippen molar-refractivity contribution < 1.29 is 23.6 Å². The van der Waals surface area contributed by atoms with Gasteiger partial charge in [-0.1, -0.05) is 18.2 Å². The standard InChI is InChI=1S/C22H33BN2O5/c1-20(2,3)28-19(27)25-14-17(23-29-21(4,5)22(6,7)30-23)13-15-9-11-16(12-10-15)18(26)24-8/h9-13H,14H2,1-8H3,(H,24,26)(H,25,27). The molecule has 1 fully saturated rings. The third kappa shape index (κ3) is 6.09. The topological polar surface area (TPSA) is 85.9 Å². The van der Waals surface area contributed by atoms with Crippen LogP contribution in [0.1, 0.15) is 64.4 Å². The molecule has 1 aliphatic rings. The molecule has 2 N–H and O–H groups in total. The minimum Gasteiger partial charge on any atom is -0.444 e. The van der Waals surface area contributed by atoms with Gasteiger partial charge in [0.1, 0.15) is 5.60 Å². The van der Waals surface area contributed by atoms with Crippen LogP contribution >= 0.6 is 0 Å². The lowest BCUT2D eigenvalue weighted by Crippen LogP contribution is -2.41. The molecular formula is C22H33BN2O5. The van der Waals surface area contributed by atoms with E-state index in [0.29, 0.717) is 5.56 Å². The lowest BCUT2D eigenvalue weighted by Gasteiger charge is -2.32. The van der Waals surface area contributed by atoms with Crippen LogP contribution in [0.5, 0.6) is 0 Å². The zero-order valence-electron chi connectivity index (χ0n) is 19.2. The summed E-state index contributed by atoms with van der Waals surface area (Å²) in [4.78, 5) is 23.9. The number of benzene rings is 1. The van der Waals surface area contributed by atoms with E-state index in [1.807, 2.05) is 66.7 Å². The maximum atomic E-state index is 12.2. The Morgan fingerprint density at radius 3 is 2.07 bits per heavy atom. The molecule has 1 aromatic rings. The van der Waals surface area contributed by atoms with E-state index in [4.69, 9.17) is 14.0 Å². The molecule has 1 heterocycles. The average molecular weight is 416 g/mol. The average Bonchev–Trinajstić information content (AvgIpc) is 2.84. The first-order chi connectivity index (χ1) is 13.7. The first-order valence-electron chi connectivity index (χ1n) is 10.1. The van der Waals surface area contributed by atoms with Crippen molar-refractivity contribution >= 4 is 25.2 Å². The van der Waals surface area contributed by atoms with Gasteiger partial charge in [-0.05, 0) is 71.6 Å². The van der Waals surface area contributed by atoms with Gasteiger partial charge in [0, 0.05) is 19.2 Å². The van der Waals surface area contributed by atoms with Crippen LogP contribution in [-0.4, -0.2) is 49.5 Å². The molecule has 0 atom stereocenters. The highest BCUT2D eigenvalue weighted by Gasteiger charge is 2.52. The number of nitrogens with one attached hydrogen (secondary N) is 2. The second-order valence-electron chi connectivity index (χ2n) is 9.36. The third-order valence-corrected chi connectivity index (χ3v) is 5.14. The molecule has 0 spiro atoms. The monoisotopic (exact) mass is 416 g/mol. The Bertz CT molecular complexity index is 794. The molecule has 8 heteroatoms. The van der Waals surface area contributed by atoms with Crippen LogP contribution in [-0.2, 0) is 14.0 Å². The van der Waals surface area contributed by atoms with Gasteiger partial charge in [0.15, 0.2) is 0 Å². The third-order valence-electron chi connectivity index (χ3n) is 5.14. The minimum absolute atomic E-state index is 0.150. The Morgan fingerprint density at radius 1 is 1.07 bits per heavy atom. The van der Waals surface area contributed by atoms with Crippen LogP contribution in [0.3, 0.4) is 0 Å². The second kappa shape index (κ2) is 8.82. The van der Waals surface area contributed by atoms with Crippen LogP contribution in [0.15, 0.2) is 29.7 Å². The van der Waals surface area contributed by atoms with E-state index in [2.05, 4.69) is 10.6 Å². The van der Waals surface area contributed by atoms with Gasteiger partial charge in [-0.15, -0.1) is 0 Å². The van der Waals surface area contributed by atoms with Crippen LogP contribution in [0.4, 0.5) is 4.79 Å². The molecule has 2 amide bonds. The molecule has 0 unspecified atom stereocenters. The Hall–Kier alpha value is -2.32. The second-order valence-corrected chi connectivity index (χ2v) is 9.36. The number of hydrogen-bond acceptors (Lipinski definition) is 5. The van der Waals surface area contributed by atoms with E-state index in [9.17, 15) is 9.59 Å². The quantitative estimate of drug-likeness (QED) is 0.717. The van der Waals surface area contributed by atoms with Gasteiger partial charge in [-0.3, -0.25) is 4.79 Å². The zero-order chi connectivity index (χ0) is 22.7. The first kappa shape index (κ1) is 24.0. The van der Waals surface area contributed by atoms with Crippen molar-refractivity contribution in [3.8, 4) is 0 Å². The number of ether oxygens (including phenoxy) is 1. The predicted octanol–water partition coefficient (Wildman–Crippen LogP) is 3.59. The van der Waals surface area contributed by atoms with Gasteiger partial charge < -0.3 is 24.7 Å². The fourth-order valence-electron chi connectivity index (χ4n) is 2.77. The number of hydrogen-bond donors (Lipinski definition) is 2. The molecule has 30 heavy (non-hydrogen) atoms. The summed E-state index contributed by atoms with van der Waals surface area (Å²) in [7, 11) is 0.970. The normalized spacial score (nSPS) is 18.1. The van der Waals surface area contributed by atoms with Crippen molar-refractivity contribution in [1.29, 1.82) is 0 Å². The smallest absolute Gasteiger partial charge is 0.444 e. The number of rotatable bonds is 5. The van der Waals surface area contributed by atoms with Crippen molar-refractivity contribution in [2.45, 2.75) is 65.3 Å². The Morgan fingerprint density at radius 2 is 1.60 bits per heavy atom. The highest BCUT2D eigenvalue weighted by atomic mass is 16.7. The fourth-order valence-corrected chi connectivity index (χ4v) is 2.77. The molecule has 1 saturated heterocycles. The van der Waals surface area contributed by atoms with Crippen molar-refractivity contribution in [3.05, 3.63) is 40.9 Å². The molecule has 2 rings (SSSR count). The van der Waals surface area contributed by atoms with Crippen molar-refractivity contribution in [2.75, 3.05) is 13.6 Å². The van der Waals surface area contributed by atoms with Crippen molar-refractivity contribution in [2.24, 2.45) is 0 Å². The van der Waals surface area contributed by atoms with Gasteiger partial charge in [-0.25, -0.2) is 4.79 Å². The molecule has 0 aromatic heterocycles. The Labute approximate surface area is 179 Å². The molecule has 7 nitrogen and oxygen atoms in total. The molecular weight excluding hydrogens is 383 g/mol. The minimum atomic E-state index is -0.622. The van der Waals surface area contributed by atoms with E-state index < -0.39 is 30.0 Å². The summed E-state index contributed by atoms with van der Waals surface area (Å²) in [6.07, 6.45) is 1.38. The SMILES string of the molecule is CNC(=O)c1ccc(C=C(CNC(=O)OC(C)(C)C)B2OC(C)(C)C(C)(C)O2)cc1. The fraction of sp³-hybridized carbons (Fsp3) is 0.545. The van der Waals surface area contributed by atoms with Gasteiger partial charge in [-0.2, -0.15) is 0 Å². The molecule has 0 aliphatic carbocycles. The summed E-state index contributed by atoms with van der Waals surface area (Å²) >= 11 is 0. The van der Waals surface area contributed by atoms with Crippen LogP contribution in [0.2, 0.25) is 0 Å². The maximum absolute atomic E-state index is 12.2. The number of alkyl carbamates (subject to hydrolysis) is 1. The number of carbonyl (C=O) groups excluding carboxylic acids is 2. The van der Waals surface area contributed by atoms with Crippen LogP contribution in [0, 0.1) is 0 Å². The number of carbonyl (C=O) groups is 2. The van der Waals surface area contributed by atoms with Crippen LogP contribution in [0.25, 0.3) is 6.08 Å². The summed E-state index contributed by atoms with van der Waals surface area (Å²) in [6.45, 7) is 13.5. The summed E-state index contributed by atoms with van der Waals surface area (Å²) in [5, 5.41) is 5.38. The van der Waals surface area contributed by atoms with E-state index in [1.54, 1.807) is 19.2 Å². The van der Waals surface area contributed by atoms with Gasteiger partial charge in [0.25, 0.3) is 5.91 Å². The summed E-state index contributed by atoms with van der Waals surface area (Å²) in [5.74, 6) is -0.150. The van der Waals surface area contributed by atoms with Crippen molar-refractivity contribution in [3.63, 3.8) is 0 Å². The zero-order valence-corrected chi connectivity index (χ0v) is 19.2. The predicted molar refractivity (Wildman–Crippen MR) is 118 cm³/mol. The molecule has 0 radical (unpaired) electrons. The molecule has 0 saturated carbocycles. The summed E-state index contributed by atoms with van der Waals surface area (Å²) in [6, 6.07) is 7.16. The Kier molecular flexibility index (Phi) is 7.04. The highest BCUT2D eigenvalue weighted by Crippen LogP contribution is 2.38. The van der Waals surface area contributed by atoms with Crippen molar-refractivity contribution in [1.82, 2.24) is 10.6 Å². The lowest BCUT2D eigenvalue weighted by molar-refractivity contribution is 0.00578. The van der Waals surface area contributed by atoms with Crippen LogP contribution < -0.4 is 10.6 Å². The molecule has 1 aromatic carbocycles. The number of amides is 2. The molecule has 0 bridgehead atoms. The highest BCUT2D eigenvalue weighted by molar-refractivity contribution is 6.56. The Balaban J connectivity index is 2.26. The van der Waals surface area contributed by atoms with Gasteiger partial charge >= 0.3 is 13.2 Å². The van der Waals surface area contributed by atoms with E-state index in [-0.39, 0.29) is 12.5 Å². The van der Waals surface area contributed by atoms with Gasteiger partial charge in [0.2, 0.25) is 0 Å². The summed E-state index contributed by atoms with van der Waals surface area (Å²) < 4.78 is 17.7. The first-order valence-corrected chi connectivity index (χ1v) is 10.1. The molecule has 164 valence electrons. The molecule has 1 aliphatic heterocycles. The van der Waals surface area contributed by atoms with E-state index >= 15 is 0 Å². The summed E-state index contributed by atoms with van der Waals surface area (Å²) in [5.41, 5.74) is 0.565. The maximum Gasteiger partial charge on any atom is 0.492 e. The van der Waals surface area contributed by atoms with E-state index in [1.165, 1.54) is 0 Å². The van der Waals surface area contributed by atoms with E-state index in [0.717, 1.165) is 11.0 Å². The largest absolute Gasteiger partial charge is 0.492 e. The lowest BCUT2D eigenvalue weighted by atomic mass is 9.77. The van der Waals surface area contributed by atoms with Gasteiger partial charge in [0.05, 0.1) is 11.2 Å².